The summed E-state index contributed by atoms with van der Waals surface area (Å²) in [6.07, 6.45) is 16.8. The summed E-state index contributed by atoms with van der Waals surface area (Å²) < 4.78 is 0. The van der Waals surface area contributed by atoms with Gasteiger partial charge in [0.15, 0.2) is 0 Å². The summed E-state index contributed by atoms with van der Waals surface area (Å²) in [6, 6.07) is 10.7. The Balaban J connectivity index is 1.88. The summed E-state index contributed by atoms with van der Waals surface area (Å²) in [5.41, 5.74) is 2.65. The zero-order valence-electron chi connectivity index (χ0n) is 23.3. The lowest BCUT2D eigenvalue weighted by molar-refractivity contribution is -0.130. The van der Waals surface area contributed by atoms with Crippen molar-refractivity contribution in [2.24, 2.45) is 0 Å². The third-order valence-corrected chi connectivity index (χ3v) is 7.32. The van der Waals surface area contributed by atoms with Crippen LogP contribution in [0, 0.1) is 0 Å². The molecule has 2 rings (SSSR count). The van der Waals surface area contributed by atoms with E-state index in [1.807, 2.05) is 36.9 Å². The highest BCUT2D eigenvalue weighted by atomic mass is 16.2. The molecule has 0 bridgehead atoms. The highest BCUT2D eigenvalue weighted by molar-refractivity contribution is 5.93. The first-order chi connectivity index (χ1) is 17.4. The number of rotatable bonds is 16. The molecular weight excluding hydrogens is 444 g/mol. The van der Waals surface area contributed by atoms with Crippen molar-refractivity contribution >= 4 is 11.8 Å². The van der Waals surface area contributed by atoms with Gasteiger partial charge in [-0.15, -0.1) is 0 Å². The molecular formula is C32H50N2O2. The molecule has 0 radical (unpaired) electrons. The van der Waals surface area contributed by atoms with Gasteiger partial charge in [0, 0.05) is 36.8 Å². The molecule has 200 valence electrons. The maximum Gasteiger partial charge on any atom is 0.249 e. The highest BCUT2D eigenvalue weighted by Gasteiger charge is 2.25. The van der Waals surface area contributed by atoms with Crippen LogP contribution in [0.3, 0.4) is 0 Å². The molecule has 1 aromatic carbocycles. The molecule has 0 aromatic heterocycles. The van der Waals surface area contributed by atoms with E-state index >= 15 is 0 Å². The highest BCUT2D eigenvalue weighted by Crippen LogP contribution is 2.24. The Morgan fingerprint density at radius 1 is 0.889 bits per heavy atom. The van der Waals surface area contributed by atoms with Gasteiger partial charge in [0.2, 0.25) is 11.8 Å². The van der Waals surface area contributed by atoms with Gasteiger partial charge in [-0.05, 0) is 57.9 Å². The SMILES string of the molecule is C=C(C)C(=O)N(CCCC/C=C(\C)C(=O)N(CCCCCCC)Cc1ccccc1)C1CCCCC1. The first kappa shape index (κ1) is 29.9. The van der Waals surface area contributed by atoms with Crippen LogP contribution in [0.2, 0.25) is 0 Å². The molecule has 0 unspecified atom stereocenters. The van der Waals surface area contributed by atoms with Crippen LogP contribution in [0.1, 0.15) is 110 Å². The minimum Gasteiger partial charge on any atom is -0.336 e. The molecule has 1 aliphatic rings. The van der Waals surface area contributed by atoms with E-state index in [0.29, 0.717) is 18.2 Å². The van der Waals surface area contributed by atoms with E-state index in [9.17, 15) is 9.59 Å². The van der Waals surface area contributed by atoms with E-state index < -0.39 is 0 Å². The summed E-state index contributed by atoms with van der Waals surface area (Å²) in [5.74, 6) is 0.259. The topological polar surface area (TPSA) is 40.6 Å². The standard InChI is InChI=1S/C32H50N2O2/c1-5-6-7-8-17-24-33(26-29-20-13-9-14-21-29)32(36)28(4)19-12-11-18-25-34(31(35)27(2)3)30-22-15-10-16-23-30/h9,13-14,19-21,30H,2,5-8,10-12,15-18,22-26H2,1,3-4H3/b28-19+. The van der Waals surface area contributed by atoms with Crippen LogP contribution in [-0.2, 0) is 16.1 Å². The molecule has 4 heteroatoms. The van der Waals surface area contributed by atoms with E-state index in [4.69, 9.17) is 0 Å². The lowest BCUT2D eigenvalue weighted by Gasteiger charge is -2.34. The van der Waals surface area contributed by atoms with Gasteiger partial charge in [-0.25, -0.2) is 0 Å². The molecule has 0 atom stereocenters. The van der Waals surface area contributed by atoms with Crippen molar-refractivity contribution in [3.63, 3.8) is 0 Å². The number of hydrogen-bond donors (Lipinski definition) is 0. The zero-order valence-corrected chi connectivity index (χ0v) is 23.3. The second kappa shape index (κ2) is 17.2. The van der Waals surface area contributed by atoms with Gasteiger partial charge in [-0.2, -0.15) is 0 Å². The van der Waals surface area contributed by atoms with Gasteiger partial charge in [0.05, 0.1) is 0 Å². The molecule has 36 heavy (non-hydrogen) atoms. The molecule has 0 N–H and O–H groups in total. The lowest BCUT2D eigenvalue weighted by Crippen LogP contribution is -2.42. The summed E-state index contributed by atoms with van der Waals surface area (Å²) in [7, 11) is 0. The average Bonchev–Trinajstić information content (AvgIpc) is 2.90. The van der Waals surface area contributed by atoms with E-state index in [1.54, 1.807) is 0 Å². The number of benzene rings is 1. The van der Waals surface area contributed by atoms with E-state index in [1.165, 1.54) is 50.5 Å². The number of hydrogen-bond acceptors (Lipinski definition) is 2. The molecule has 1 aliphatic carbocycles. The lowest BCUT2D eigenvalue weighted by atomic mass is 9.93. The van der Waals surface area contributed by atoms with Crippen LogP contribution < -0.4 is 0 Å². The van der Waals surface area contributed by atoms with Crippen molar-refractivity contribution in [1.82, 2.24) is 9.80 Å². The second-order valence-corrected chi connectivity index (χ2v) is 10.6. The van der Waals surface area contributed by atoms with E-state index in [-0.39, 0.29) is 11.8 Å². The van der Waals surface area contributed by atoms with E-state index in [0.717, 1.165) is 57.2 Å². The second-order valence-electron chi connectivity index (χ2n) is 10.6. The van der Waals surface area contributed by atoms with Crippen LogP contribution in [0.15, 0.2) is 54.1 Å². The fourth-order valence-electron chi connectivity index (χ4n) is 5.13. The molecule has 2 amide bonds. The van der Waals surface area contributed by atoms with Gasteiger partial charge in [-0.1, -0.05) is 94.9 Å². The summed E-state index contributed by atoms with van der Waals surface area (Å²) >= 11 is 0. The number of amides is 2. The number of carbonyl (C=O) groups excluding carboxylic acids is 2. The molecule has 1 aromatic rings. The molecule has 0 heterocycles. The summed E-state index contributed by atoms with van der Waals surface area (Å²) in [5, 5.41) is 0. The van der Waals surface area contributed by atoms with Gasteiger partial charge in [0.25, 0.3) is 0 Å². The molecule has 1 saturated carbocycles. The largest absolute Gasteiger partial charge is 0.336 e. The molecule has 1 fully saturated rings. The van der Waals surface area contributed by atoms with Crippen molar-refractivity contribution in [3.05, 3.63) is 59.7 Å². The Morgan fingerprint density at radius 3 is 2.22 bits per heavy atom. The monoisotopic (exact) mass is 494 g/mol. The minimum atomic E-state index is 0.110. The van der Waals surface area contributed by atoms with Gasteiger partial charge in [-0.3, -0.25) is 9.59 Å². The van der Waals surface area contributed by atoms with E-state index in [2.05, 4.69) is 36.6 Å². The maximum atomic E-state index is 13.3. The van der Waals surface area contributed by atoms with Crippen LogP contribution in [0.4, 0.5) is 0 Å². The third kappa shape index (κ3) is 10.7. The first-order valence-electron chi connectivity index (χ1n) is 14.4. The molecule has 0 spiro atoms. The number of carbonyl (C=O) groups is 2. The Labute approximate surface area is 220 Å². The molecule has 0 saturated heterocycles. The van der Waals surface area contributed by atoms with Crippen molar-refractivity contribution in [2.45, 2.75) is 117 Å². The fraction of sp³-hybridized carbons (Fsp3) is 0.625. The van der Waals surface area contributed by atoms with Crippen LogP contribution in [0.25, 0.3) is 0 Å². The number of nitrogens with zero attached hydrogens (tertiary/aromatic N) is 2. The van der Waals surface area contributed by atoms with Gasteiger partial charge in [0.1, 0.15) is 0 Å². The average molecular weight is 495 g/mol. The van der Waals surface area contributed by atoms with Crippen LogP contribution in [-0.4, -0.2) is 40.7 Å². The first-order valence-corrected chi connectivity index (χ1v) is 14.4. The predicted molar refractivity (Wildman–Crippen MR) is 152 cm³/mol. The Kier molecular flexibility index (Phi) is 14.2. The van der Waals surface area contributed by atoms with Crippen LogP contribution in [0.5, 0.6) is 0 Å². The predicted octanol–water partition coefficient (Wildman–Crippen LogP) is 7.84. The fourth-order valence-corrected chi connectivity index (χ4v) is 5.13. The smallest absolute Gasteiger partial charge is 0.249 e. The molecule has 4 nitrogen and oxygen atoms in total. The Bertz CT molecular complexity index is 824. The van der Waals surface area contributed by atoms with Crippen molar-refractivity contribution in [1.29, 1.82) is 0 Å². The minimum absolute atomic E-state index is 0.110. The maximum absolute atomic E-state index is 13.3. The quantitative estimate of drug-likeness (QED) is 0.173. The normalized spacial score (nSPS) is 14.5. The molecule has 0 aliphatic heterocycles. The van der Waals surface area contributed by atoms with Crippen molar-refractivity contribution in [3.8, 4) is 0 Å². The summed E-state index contributed by atoms with van der Waals surface area (Å²) in [6.45, 7) is 12.2. The third-order valence-electron chi connectivity index (χ3n) is 7.32. The number of unbranched alkanes of at least 4 members (excludes halogenated alkanes) is 6. The number of allylic oxidation sites excluding steroid dienone is 1. The van der Waals surface area contributed by atoms with Crippen molar-refractivity contribution in [2.75, 3.05) is 13.1 Å². The Morgan fingerprint density at radius 2 is 1.56 bits per heavy atom. The van der Waals surface area contributed by atoms with Gasteiger partial charge < -0.3 is 9.80 Å². The Hall–Kier alpha value is -2.36. The van der Waals surface area contributed by atoms with Crippen LogP contribution >= 0.6 is 0 Å². The van der Waals surface area contributed by atoms with Gasteiger partial charge >= 0.3 is 0 Å². The summed E-state index contributed by atoms with van der Waals surface area (Å²) in [4.78, 5) is 30.1. The van der Waals surface area contributed by atoms with Crippen molar-refractivity contribution < 1.29 is 9.59 Å². The zero-order chi connectivity index (χ0) is 26.2.